The molecule has 1 saturated heterocycles. The molecule has 1 aliphatic heterocycles. The van der Waals surface area contributed by atoms with Gasteiger partial charge in [0.1, 0.15) is 5.65 Å². The minimum absolute atomic E-state index is 0.0263. The first-order valence-electron chi connectivity index (χ1n) is 9.09. The van der Waals surface area contributed by atoms with E-state index in [0.29, 0.717) is 17.9 Å². The van der Waals surface area contributed by atoms with Crippen molar-refractivity contribution in [2.45, 2.75) is 38.6 Å². The van der Waals surface area contributed by atoms with E-state index in [9.17, 15) is 9.59 Å². The summed E-state index contributed by atoms with van der Waals surface area (Å²) in [5.74, 6) is 0.0263. The van der Waals surface area contributed by atoms with Gasteiger partial charge in [-0.2, -0.15) is 0 Å². The van der Waals surface area contributed by atoms with E-state index in [1.54, 1.807) is 12.4 Å². The average Bonchev–Trinajstić information content (AvgIpc) is 3.25. The highest BCUT2D eigenvalue weighted by Gasteiger charge is 2.45. The number of piperidine rings is 1. The van der Waals surface area contributed by atoms with Gasteiger partial charge in [-0.25, -0.2) is 9.78 Å². The molecule has 0 spiro atoms. The number of hydrogen-bond donors (Lipinski definition) is 4. The molecular weight excluding hydrogens is 414 g/mol. The topological polar surface area (TPSA) is 110 Å². The number of pyridine rings is 1. The summed E-state index contributed by atoms with van der Waals surface area (Å²) in [6.07, 6.45) is 6.00. The molecule has 0 bridgehead atoms. The Kier molecular flexibility index (Phi) is 4.49. The van der Waals surface area contributed by atoms with Gasteiger partial charge >= 0.3 is 6.09 Å². The van der Waals surface area contributed by atoms with Gasteiger partial charge in [-0.15, -0.1) is 0 Å². The van der Waals surface area contributed by atoms with Gasteiger partial charge in [0.25, 0.3) is 0 Å². The third-order valence-electron chi connectivity index (χ3n) is 5.49. The van der Waals surface area contributed by atoms with Crippen LogP contribution in [-0.2, 0) is 4.79 Å². The maximum absolute atomic E-state index is 12.5. The van der Waals surface area contributed by atoms with Gasteiger partial charge in [0.2, 0.25) is 5.91 Å². The SMILES string of the molecule is CC1(C(=O)Nc2c[nH]c3ncc(Br)c(N4CCCC(NC(=O)O)C4)c23)CC1. The van der Waals surface area contributed by atoms with Crippen LogP contribution in [0.2, 0.25) is 0 Å². The fourth-order valence-corrected chi connectivity index (χ4v) is 4.18. The Morgan fingerprint density at radius 1 is 1.44 bits per heavy atom. The number of hydrogen-bond acceptors (Lipinski definition) is 4. The van der Waals surface area contributed by atoms with Crippen molar-refractivity contribution < 1.29 is 14.7 Å². The number of nitrogens with zero attached hydrogens (tertiary/aromatic N) is 2. The fourth-order valence-electron chi connectivity index (χ4n) is 3.62. The van der Waals surface area contributed by atoms with E-state index in [1.807, 2.05) is 6.92 Å². The molecule has 27 heavy (non-hydrogen) atoms. The molecule has 1 atom stereocenters. The van der Waals surface area contributed by atoms with Crippen molar-refractivity contribution in [1.29, 1.82) is 0 Å². The van der Waals surface area contributed by atoms with Crippen LogP contribution < -0.4 is 15.5 Å². The number of carboxylic acid groups (broad SMARTS) is 1. The number of carbonyl (C=O) groups is 2. The zero-order valence-corrected chi connectivity index (χ0v) is 16.6. The number of nitrogens with one attached hydrogen (secondary N) is 3. The monoisotopic (exact) mass is 435 g/mol. The lowest BCUT2D eigenvalue weighted by molar-refractivity contribution is -0.120. The summed E-state index contributed by atoms with van der Waals surface area (Å²) in [7, 11) is 0. The Hall–Kier alpha value is -2.29. The Labute approximate surface area is 164 Å². The predicted octanol–water partition coefficient (Wildman–Crippen LogP) is 3.30. The van der Waals surface area contributed by atoms with Crippen molar-refractivity contribution in [3.05, 3.63) is 16.9 Å². The molecule has 4 rings (SSSR count). The molecule has 8 nitrogen and oxygen atoms in total. The van der Waals surface area contributed by atoms with Crippen LogP contribution in [0.15, 0.2) is 16.9 Å². The third kappa shape index (κ3) is 3.47. The second kappa shape index (κ2) is 6.70. The van der Waals surface area contributed by atoms with Crippen molar-refractivity contribution in [2.75, 3.05) is 23.3 Å². The van der Waals surface area contributed by atoms with Crippen molar-refractivity contribution >= 4 is 50.3 Å². The molecule has 1 aliphatic carbocycles. The molecule has 0 aromatic carbocycles. The quantitative estimate of drug-likeness (QED) is 0.588. The number of amides is 2. The molecule has 9 heteroatoms. The van der Waals surface area contributed by atoms with Gasteiger partial charge in [0.05, 0.1) is 21.2 Å². The van der Waals surface area contributed by atoms with E-state index in [1.165, 1.54) is 0 Å². The highest BCUT2D eigenvalue weighted by molar-refractivity contribution is 9.10. The van der Waals surface area contributed by atoms with Crippen LogP contribution in [0.4, 0.5) is 16.2 Å². The normalized spacial score (nSPS) is 21.1. The third-order valence-corrected chi connectivity index (χ3v) is 6.07. The van der Waals surface area contributed by atoms with Gasteiger partial charge in [0, 0.05) is 36.9 Å². The first-order chi connectivity index (χ1) is 12.9. The summed E-state index contributed by atoms with van der Waals surface area (Å²) in [6, 6.07) is -0.131. The molecule has 0 radical (unpaired) electrons. The van der Waals surface area contributed by atoms with Crippen molar-refractivity contribution in [3.8, 4) is 0 Å². The molecule has 144 valence electrons. The van der Waals surface area contributed by atoms with E-state index < -0.39 is 6.09 Å². The highest BCUT2D eigenvalue weighted by Crippen LogP contribution is 2.46. The number of H-pyrrole nitrogens is 1. The summed E-state index contributed by atoms with van der Waals surface area (Å²) >= 11 is 3.59. The lowest BCUT2D eigenvalue weighted by Crippen LogP contribution is -2.47. The van der Waals surface area contributed by atoms with Gasteiger partial charge < -0.3 is 25.6 Å². The van der Waals surface area contributed by atoms with Crippen molar-refractivity contribution in [3.63, 3.8) is 0 Å². The smallest absolute Gasteiger partial charge is 0.404 e. The lowest BCUT2D eigenvalue weighted by Gasteiger charge is -2.35. The molecule has 3 heterocycles. The van der Waals surface area contributed by atoms with Gasteiger partial charge in [-0.05, 0) is 41.6 Å². The summed E-state index contributed by atoms with van der Waals surface area (Å²) in [4.78, 5) is 33.3. The van der Waals surface area contributed by atoms with Gasteiger partial charge in [0.15, 0.2) is 0 Å². The summed E-state index contributed by atoms with van der Waals surface area (Å²) in [6.45, 7) is 3.35. The number of aromatic nitrogens is 2. The first kappa shape index (κ1) is 18.1. The number of rotatable bonds is 4. The molecule has 2 amide bonds. The zero-order chi connectivity index (χ0) is 19.2. The zero-order valence-electron chi connectivity index (χ0n) is 15.0. The Morgan fingerprint density at radius 2 is 2.22 bits per heavy atom. The standard InChI is InChI=1S/C18H22BrN5O3/c1-18(4-5-18)16(25)23-12-8-21-15-13(12)14(11(19)7-20-15)24-6-2-3-10(9-24)22-17(26)27/h7-8,10,22H,2-6,9H2,1H3,(H,20,21)(H,23,25)(H,26,27). The summed E-state index contributed by atoms with van der Waals surface area (Å²) < 4.78 is 0.818. The number of carbonyl (C=O) groups excluding carboxylic acids is 1. The molecule has 2 aromatic heterocycles. The minimum Gasteiger partial charge on any atom is -0.465 e. The van der Waals surface area contributed by atoms with E-state index in [2.05, 4.69) is 41.4 Å². The fraction of sp³-hybridized carbons (Fsp3) is 0.500. The molecule has 2 fully saturated rings. The molecule has 1 unspecified atom stereocenters. The first-order valence-corrected chi connectivity index (χ1v) is 9.88. The van der Waals surface area contributed by atoms with E-state index >= 15 is 0 Å². The Bertz CT molecular complexity index is 908. The molecule has 2 aromatic rings. The highest BCUT2D eigenvalue weighted by atomic mass is 79.9. The van der Waals surface area contributed by atoms with Crippen LogP contribution in [0.5, 0.6) is 0 Å². The molecule has 2 aliphatic rings. The van der Waals surface area contributed by atoms with Gasteiger partial charge in [-0.1, -0.05) is 6.92 Å². The van der Waals surface area contributed by atoms with Crippen molar-refractivity contribution in [1.82, 2.24) is 15.3 Å². The number of anilines is 2. The molecule has 4 N–H and O–H groups in total. The lowest BCUT2D eigenvalue weighted by atomic mass is 10.0. The van der Waals surface area contributed by atoms with Crippen LogP contribution in [0.3, 0.4) is 0 Å². The Morgan fingerprint density at radius 3 is 2.93 bits per heavy atom. The molecular formula is C18H22BrN5O3. The van der Waals surface area contributed by atoms with Crippen LogP contribution in [0, 0.1) is 5.41 Å². The summed E-state index contributed by atoms with van der Waals surface area (Å²) in [5.41, 5.74) is 2.05. The maximum Gasteiger partial charge on any atom is 0.404 e. The average molecular weight is 436 g/mol. The van der Waals surface area contributed by atoms with Gasteiger partial charge in [-0.3, -0.25) is 4.79 Å². The van der Waals surface area contributed by atoms with Crippen LogP contribution in [0.1, 0.15) is 32.6 Å². The van der Waals surface area contributed by atoms with E-state index in [4.69, 9.17) is 5.11 Å². The number of aromatic amines is 1. The second-order valence-electron chi connectivity index (χ2n) is 7.63. The Balaban J connectivity index is 1.69. The maximum atomic E-state index is 12.5. The largest absolute Gasteiger partial charge is 0.465 e. The van der Waals surface area contributed by atoms with Crippen LogP contribution >= 0.6 is 15.9 Å². The van der Waals surface area contributed by atoms with Crippen LogP contribution in [0.25, 0.3) is 11.0 Å². The predicted molar refractivity (Wildman–Crippen MR) is 106 cm³/mol. The molecule has 1 saturated carbocycles. The number of fused-ring (bicyclic) bond motifs is 1. The van der Waals surface area contributed by atoms with E-state index in [-0.39, 0.29) is 17.4 Å². The second-order valence-corrected chi connectivity index (χ2v) is 8.48. The summed E-state index contributed by atoms with van der Waals surface area (Å²) in [5, 5.41) is 15.5. The van der Waals surface area contributed by atoms with E-state index in [0.717, 1.165) is 47.8 Å². The van der Waals surface area contributed by atoms with Crippen LogP contribution in [-0.4, -0.2) is 46.2 Å². The van der Waals surface area contributed by atoms with Crippen molar-refractivity contribution in [2.24, 2.45) is 5.41 Å². The minimum atomic E-state index is -1.01. The number of halogens is 1.